The van der Waals surface area contributed by atoms with Gasteiger partial charge in [-0.05, 0) is 42.3 Å². The van der Waals surface area contributed by atoms with Crippen molar-refractivity contribution < 1.29 is 34.7 Å². The Labute approximate surface area is 178 Å². The minimum atomic E-state index is -1.95. The molecule has 5 N–H and O–H groups in total. The minimum Gasteiger partial charge on any atom is -0.460 e. The number of amides is 1. The maximum atomic E-state index is 11.9. The molecule has 1 saturated heterocycles. The van der Waals surface area contributed by atoms with Crippen LogP contribution < -0.4 is 10.1 Å². The zero-order valence-corrected chi connectivity index (χ0v) is 17.2. The second kappa shape index (κ2) is 8.89. The first-order valence-electron chi connectivity index (χ1n) is 9.32. The van der Waals surface area contributed by atoms with Crippen LogP contribution in [0.15, 0.2) is 42.5 Å². The van der Waals surface area contributed by atoms with Gasteiger partial charge in [0.2, 0.25) is 6.29 Å². The summed E-state index contributed by atoms with van der Waals surface area (Å²) in [6, 6.07) is 11.9. The number of carbonyl (C=O) groups is 1. The topological polar surface area (TPSA) is 128 Å². The van der Waals surface area contributed by atoms with Crippen LogP contribution in [0.25, 0.3) is 11.1 Å². The molecule has 9 heteroatoms. The number of ether oxygens (including phenoxy) is 2. The van der Waals surface area contributed by atoms with E-state index in [1.807, 2.05) is 6.07 Å². The quantitative estimate of drug-likeness (QED) is 0.470. The largest absolute Gasteiger partial charge is 0.460 e. The first kappa shape index (κ1) is 22.5. The van der Waals surface area contributed by atoms with E-state index in [1.54, 1.807) is 43.4 Å². The van der Waals surface area contributed by atoms with Gasteiger partial charge in [0, 0.05) is 12.6 Å². The van der Waals surface area contributed by atoms with Crippen LogP contribution in [0.2, 0.25) is 5.02 Å². The van der Waals surface area contributed by atoms with Crippen molar-refractivity contribution in [1.29, 1.82) is 0 Å². The molecule has 3 rings (SSSR count). The van der Waals surface area contributed by atoms with Crippen molar-refractivity contribution in [2.75, 3.05) is 13.7 Å². The summed E-state index contributed by atoms with van der Waals surface area (Å²) in [5, 5.41) is 42.8. The average Bonchev–Trinajstić information content (AvgIpc) is 2.75. The van der Waals surface area contributed by atoms with Crippen LogP contribution in [-0.2, 0) is 4.74 Å². The molecule has 1 heterocycles. The van der Waals surface area contributed by atoms with Crippen LogP contribution in [0, 0.1) is 0 Å². The third-order valence-electron chi connectivity index (χ3n) is 5.11. The molecule has 0 bridgehead atoms. The molecular weight excluding hydrogens is 414 g/mol. The number of aliphatic hydroxyl groups excluding tert-OH is 3. The van der Waals surface area contributed by atoms with E-state index < -0.39 is 36.8 Å². The Hall–Kier alpha value is -2.20. The van der Waals surface area contributed by atoms with Crippen LogP contribution in [0.5, 0.6) is 5.75 Å². The van der Waals surface area contributed by atoms with Crippen LogP contribution in [-0.4, -0.2) is 70.2 Å². The Morgan fingerprint density at radius 3 is 2.57 bits per heavy atom. The standard InChI is InChI=1S/C21H24ClNO7/c1-21(28)18(26)17(25)16(10-24)30-20(21)29-15-7-6-12(9-14(15)22)11-4-3-5-13(8-11)19(27)23-2/h3-9,16-18,20,24-26,28H,10H2,1-2H3,(H,23,27)/t16-,17-,18+,20+,21+/m1/s1. The minimum absolute atomic E-state index is 0.174. The van der Waals surface area contributed by atoms with Gasteiger partial charge in [-0.25, -0.2) is 0 Å². The van der Waals surface area contributed by atoms with Crippen LogP contribution in [0.4, 0.5) is 0 Å². The van der Waals surface area contributed by atoms with Crippen LogP contribution in [0.3, 0.4) is 0 Å². The third-order valence-corrected chi connectivity index (χ3v) is 5.41. The van der Waals surface area contributed by atoms with E-state index in [1.165, 1.54) is 6.92 Å². The Kier molecular flexibility index (Phi) is 6.66. The molecule has 1 aliphatic rings. The highest BCUT2D eigenvalue weighted by molar-refractivity contribution is 6.32. The summed E-state index contributed by atoms with van der Waals surface area (Å²) in [6.45, 7) is 0.689. The van der Waals surface area contributed by atoms with Gasteiger partial charge in [0.1, 0.15) is 24.1 Å². The zero-order valence-electron chi connectivity index (χ0n) is 16.4. The highest BCUT2D eigenvalue weighted by Crippen LogP contribution is 2.36. The summed E-state index contributed by atoms with van der Waals surface area (Å²) in [4.78, 5) is 11.9. The summed E-state index contributed by atoms with van der Waals surface area (Å²) in [5.41, 5.74) is 0.0535. The Morgan fingerprint density at radius 2 is 1.93 bits per heavy atom. The second-order valence-electron chi connectivity index (χ2n) is 7.27. The van der Waals surface area contributed by atoms with Crippen LogP contribution >= 0.6 is 11.6 Å². The molecule has 2 aromatic carbocycles. The first-order chi connectivity index (χ1) is 14.2. The van der Waals surface area contributed by atoms with E-state index in [-0.39, 0.29) is 16.7 Å². The van der Waals surface area contributed by atoms with Crippen molar-refractivity contribution in [2.45, 2.75) is 37.1 Å². The zero-order chi connectivity index (χ0) is 22.1. The molecule has 0 unspecified atom stereocenters. The van der Waals surface area contributed by atoms with Crippen molar-refractivity contribution in [3.05, 3.63) is 53.1 Å². The number of carbonyl (C=O) groups excluding carboxylic acids is 1. The fourth-order valence-corrected chi connectivity index (χ4v) is 3.46. The maximum Gasteiger partial charge on any atom is 0.251 e. The van der Waals surface area contributed by atoms with Gasteiger partial charge in [0.15, 0.2) is 5.60 Å². The molecule has 2 aromatic rings. The average molecular weight is 438 g/mol. The lowest BCUT2D eigenvalue weighted by Gasteiger charge is -2.45. The Morgan fingerprint density at radius 1 is 1.23 bits per heavy atom. The summed E-state index contributed by atoms with van der Waals surface area (Å²) in [6.07, 6.45) is -5.59. The number of nitrogens with one attached hydrogen (secondary N) is 1. The smallest absolute Gasteiger partial charge is 0.251 e. The van der Waals surface area contributed by atoms with Gasteiger partial charge in [0.05, 0.1) is 11.6 Å². The predicted molar refractivity (Wildman–Crippen MR) is 109 cm³/mol. The maximum absolute atomic E-state index is 11.9. The molecule has 0 aromatic heterocycles. The van der Waals surface area contributed by atoms with E-state index in [2.05, 4.69) is 5.32 Å². The number of benzene rings is 2. The van der Waals surface area contributed by atoms with Gasteiger partial charge < -0.3 is 35.2 Å². The monoisotopic (exact) mass is 437 g/mol. The molecule has 1 aliphatic heterocycles. The Balaban J connectivity index is 1.85. The van der Waals surface area contributed by atoms with E-state index in [0.29, 0.717) is 5.56 Å². The van der Waals surface area contributed by atoms with Crippen molar-refractivity contribution in [1.82, 2.24) is 5.32 Å². The number of rotatable bonds is 5. The lowest BCUT2D eigenvalue weighted by atomic mass is 9.88. The van der Waals surface area contributed by atoms with E-state index in [9.17, 15) is 25.2 Å². The van der Waals surface area contributed by atoms with Crippen molar-refractivity contribution >= 4 is 17.5 Å². The van der Waals surface area contributed by atoms with Gasteiger partial charge in [-0.3, -0.25) is 4.79 Å². The van der Waals surface area contributed by atoms with Gasteiger partial charge >= 0.3 is 0 Å². The number of hydrogen-bond acceptors (Lipinski definition) is 7. The summed E-state index contributed by atoms with van der Waals surface area (Å²) in [5.74, 6) is -0.0350. The molecule has 5 atom stereocenters. The van der Waals surface area contributed by atoms with E-state index in [4.69, 9.17) is 21.1 Å². The SMILES string of the molecule is CNC(=O)c1cccc(-c2ccc(O[C@H]3O[C@H](CO)[C@@H](O)[C@H](O)[C@]3(C)O)c(Cl)c2)c1. The molecule has 1 fully saturated rings. The third kappa shape index (κ3) is 4.29. The molecule has 0 radical (unpaired) electrons. The normalized spacial score (nSPS) is 28.8. The summed E-state index contributed by atoms with van der Waals surface area (Å²) < 4.78 is 11.1. The molecule has 8 nitrogen and oxygen atoms in total. The molecule has 1 amide bonds. The molecule has 0 spiro atoms. The Bertz CT molecular complexity index is 920. The van der Waals surface area contributed by atoms with Gasteiger partial charge in [-0.1, -0.05) is 29.8 Å². The van der Waals surface area contributed by atoms with E-state index >= 15 is 0 Å². The van der Waals surface area contributed by atoms with Gasteiger partial charge in [0.25, 0.3) is 5.91 Å². The highest BCUT2D eigenvalue weighted by atomic mass is 35.5. The summed E-state index contributed by atoms with van der Waals surface area (Å²) in [7, 11) is 1.55. The van der Waals surface area contributed by atoms with Crippen LogP contribution in [0.1, 0.15) is 17.3 Å². The highest BCUT2D eigenvalue weighted by Gasteiger charge is 2.53. The molecule has 30 heavy (non-hydrogen) atoms. The van der Waals surface area contributed by atoms with Crippen molar-refractivity contribution in [3.63, 3.8) is 0 Å². The predicted octanol–water partition coefficient (Wildman–Crippen LogP) is 0.935. The summed E-state index contributed by atoms with van der Waals surface area (Å²) >= 11 is 6.35. The number of aliphatic hydroxyl groups is 4. The van der Waals surface area contributed by atoms with E-state index in [0.717, 1.165) is 11.1 Å². The fourth-order valence-electron chi connectivity index (χ4n) is 3.24. The van der Waals surface area contributed by atoms with Gasteiger partial charge in [-0.2, -0.15) is 0 Å². The lowest BCUT2D eigenvalue weighted by Crippen LogP contribution is -2.66. The second-order valence-corrected chi connectivity index (χ2v) is 7.68. The lowest BCUT2D eigenvalue weighted by molar-refractivity contribution is -0.314. The van der Waals surface area contributed by atoms with Gasteiger partial charge in [-0.15, -0.1) is 0 Å². The molecule has 0 saturated carbocycles. The number of halogens is 1. The first-order valence-corrected chi connectivity index (χ1v) is 9.70. The fraction of sp³-hybridized carbons (Fsp3) is 0.381. The van der Waals surface area contributed by atoms with Crippen molar-refractivity contribution in [2.24, 2.45) is 0 Å². The molecule has 0 aliphatic carbocycles. The molecule has 162 valence electrons. The number of hydrogen-bond donors (Lipinski definition) is 5. The van der Waals surface area contributed by atoms with Crippen molar-refractivity contribution in [3.8, 4) is 16.9 Å². The molecular formula is C21H24ClNO7.